The zero-order valence-electron chi connectivity index (χ0n) is 12.4. The van der Waals surface area contributed by atoms with Crippen LogP contribution in [0, 0.1) is 11.7 Å². The predicted octanol–water partition coefficient (Wildman–Crippen LogP) is 3.31. The predicted molar refractivity (Wildman–Crippen MR) is 79.9 cm³/mol. The standard InChI is InChI=1S/C17H25FN2/c1-20(11-13-3-2-4-13)12-15-9-14(5-8-17(15)18)10-19-16-6-7-16/h5,8-9,13,16,19H,2-4,6-7,10-12H2,1H3. The van der Waals surface area contributed by atoms with Gasteiger partial charge < -0.3 is 10.2 Å². The fourth-order valence-electron chi connectivity index (χ4n) is 2.88. The molecule has 1 N–H and O–H groups in total. The summed E-state index contributed by atoms with van der Waals surface area (Å²) in [6.07, 6.45) is 6.64. The Morgan fingerprint density at radius 1 is 1.25 bits per heavy atom. The maximum atomic E-state index is 13.9. The molecule has 2 nitrogen and oxygen atoms in total. The highest BCUT2D eigenvalue weighted by Crippen LogP contribution is 2.27. The van der Waals surface area contributed by atoms with Crippen LogP contribution in [-0.2, 0) is 13.1 Å². The number of hydrogen-bond donors (Lipinski definition) is 1. The van der Waals surface area contributed by atoms with E-state index in [4.69, 9.17) is 0 Å². The van der Waals surface area contributed by atoms with Gasteiger partial charge in [-0.15, -0.1) is 0 Å². The topological polar surface area (TPSA) is 15.3 Å². The summed E-state index contributed by atoms with van der Waals surface area (Å²) in [6, 6.07) is 6.25. The first kappa shape index (κ1) is 14.0. The molecule has 2 aliphatic carbocycles. The number of halogens is 1. The molecule has 0 bridgehead atoms. The van der Waals surface area contributed by atoms with E-state index in [9.17, 15) is 4.39 Å². The van der Waals surface area contributed by atoms with E-state index < -0.39 is 0 Å². The molecule has 0 aliphatic heterocycles. The second-order valence-corrected chi connectivity index (χ2v) is 6.57. The average Bonchev–Trinajstić information content (AvgIpc) is 3.19. The van der Waals surface area contributed by atoms with Crippen molar-refractivity contribution < 1.29 is 4.39 Å². The van der Waals surface area contributed by atoms with Crippen molar-refractivity contribution in [2.75, 3.05) is 13.6 Å². The average molecular weight is 276 g/mol. The molecule has 20 heavy (non-hydrogen) atoms. The molecule has 1 aromatic carbocycles. The smallest absolute Gasteiger partial charge is 0.127 e. The number of benzene rings is 1. The second kappa shape index (κ2) is 6.23. The third kappa shape index (κ3) is 3.80. The van der Waals surface area contributed by atoms with Crippen molar-refractivity contribution in [1.82, 2.24) is 10.2 Å². The molecule has 110 valence electrons. The van der Waals surface area contributed by atoms with E-state index >= 15 is 0 Å². The summed E-state index contributed by atoms with van der Waals surface area (Å²) in [5.74, 6) is 0.767. The highest BCUT2D eigenvalue weighted by Gasteiger charge is 2.21. The van der Waals surface area contributed by atoms with Crippen LogP contribution in [0.15, 0.2) is 18.2 Å². The summed E-state index contributed by atoms with van der Waals surface area (Å²) in [5.41, 5.74) is 2.03. The molecule has 0 amide bonds. The molecule has 0 spiro atoms. The third-order valence-corrected chi connectivity index (χ3v) is 4.52. The molecular formula is C17H25FN2. The summed E-state index contributed by atoms with van der Waals surface area (Å²) in [4.78, 5) is 2.26. The zero-order valence-corrected chi connectivity index (χ0v) is 12.4. The second-order valence-electron chi connectivity index (χ2n) is 6.57. The Labute approximate surface area is 121 Å². The summed E-state index contributed by atoms with van der Waals surface area (Å²) in [6.45, 7) is 2.69. The van der Waals surface area contributed by atoms with Crippen LogP contribution < -0.4 is 5.32 Å². The first-order valence-corrected chi connectivity index (χ1v) is 7.90. The van der Waals surface area contributed by atoms with Crippen molar-refractivity contribution in [2.45, 2.75) is 51.2 Å². The lowest BCUT2D eigenvalue weighted by atomic mass is 9.85. The van der Waals surface area contributed by atoms with E-state index in [0.717, 1.165) is 31.1 Å². The van der Waals surface area contributed by atoms with E-state index in [0.29, 0.717) is 6.04 Å². The van der Waals surface area contributed by atoms with Crippen molar-refractivity contribution in [2.24, 2.45) is 5.92 Å². The first-order valence-electron chi connectivity index (χ1n) is 7.90. The van der Waals surface area contributed by atoms with Crippen LogP contribution in [0.5, 0.6) is 0 Å². The number of nitrogens with one attached hydrogen (secondary N) is 1. The van der Waals surface area contributed by atoms with Gasteiger partial charge in [0.15, 0.2) is 0 Å². The monoisotopic (exact) mass is 276 g/mol. The Kier molecular flexibility index (Phi) is 4.37. The van der Waals surface area contributed by atoms with Gasteiger partial charge in [-0.2, -0.15) is 0 Å². The van der Waals surface area contributed by atoms with Crippen molar-refractivity contribution in [1.29, 1.82) is 0 Å². The number of nitrogens with zero attached hydrogens (tertiary/aromatic N) is 1. The quantitative estimate of drug-likeness (QED) is 0.822. The van der Waals surface area contributed by atoms with Crippen LogP contribution in [0.1, 0.15) is 43.2 Å². The molecular weight excluding hydrogens is 251 g/mol. The van der Waals surface area contributed by atoms with Crippen molar-refractivity contribution in [3.05, 3.63) is 35.1 Å². The molecule has 2 aliphatic rings. The van der Waals surface area contributed by atoms with Gasteiger partial charge in [0, 0.05) is 31.2 Å². The number of hydrogen-bond acceptors (Lipinski definition) is 2. The Morgan fingerprint density at radius 3 is 2.70 bits per heavy atom. The lowest BCUT2D eigenvalue weighted by Crippen LogP contribution is -2.29. The van der Waals surface area contributed by atoms with E-state index in [-0.39, 0.29) is 5.82 Å². The van der Waals surface area contributed by atoms with Gasteiger partial charge in [0.25, 0.3) is 0 Å². The van der Waals surface area contributed by atoms with Gasteiger partial charge >= 0.3 is 0 Å². The third-order valence-electron chi connectivity index (χ3n) is 4.52. The summed E-state index contributed by atoms with van der Waals surface area (Å²) < 4.78 is 13.9. The van der Waals surface area contributed by atoms with Crippen molar-refractivity contribution in [3.63, 3.8) is 0 Å². The van der Waals surface area contributed by atoms with Crippen LogP contribution >= 0.6 is 0 Å². The molecule has 0 aromatic heterocycles. The van der Waals surface area contributed by atoms with E-state index in [1.54, 1.807) is 6.07 Å². The fraction of sp³-hybridized carbons (Fsp3) is 0.647. The Hall–Kier alpha value is -0.930. The van der Waals surface area contributed by atoms with Crippen molar-refractivity contribution in [3.8, 4) is 0 Å². The SMILES string of the molecule is CN(Cc1cc(CNC2CC2)ccc1F)CC1CCC1. The zero-order chi connectivity index (χ0) is 13.9. The molecule has 2 saturated carbocycles. The van der Waals surface area contributed by atoms with Crippen LogP contribution in [0.25, 0.3) is 0 Å². The summed E-state index contributed by atoms with van der Waals surface area (Å²) >= 11 is 0. The fourth-order valence-corrected chi connectivity index (χ4v) is 2.88. The highest BCUT2D eigenvalue weighted by atomic mass is 19.1. The molecule has 0 unspecified atom stereocenters. The number of rotatable bonds is 7. The molecule has 0 saturated heterocycles. The minimum Gasteiger partial charge on any atom is -0.310 e. The Morgan fingerprint density at radius 2 is 2.05 bits per heavy atom. The van der Waals surface area contributed by atoms with Crippen molar-refractivity contribution >= 4 is 0 Å². The Bertz CT molecular complexity index is 452. The maximum absolute atomic E-state index is 13.9. The van der Waals surface area contributed by atoms with Gasteiger partial charge in [0.2, 0.25) is 0 Å². The molecule has 1 aromatic rings. The molecule has 3 heteroatoms. The molecule has 0 atom stereocenters. The lowest BCUT2D eigenvalue weighted by molar-refractivity contribution is 0.199. The van der Waals surface area contributed by atoms with Gasteiger partial charge in [-0.1, -0.05) is 18.6 Å². The van der Waals surface area contributed by atoms with Gasteiger partial charge in [-0.05, 0) is 50.3 Å². The van der Waals surface area contributed by atoms with Crippen LogP contribution in [0.2, 0.25) is 0 Å². The minimum absolute atomic E-state index is 0.0689. The van der Waals surface area contributed by atoms with Crippen LogP contribution in [0.3, 0.4) is 0 Å². The molecule has 3 rings (SSSR count). The van der Waals surface area contributed by atoms with Gasteiger partial charge in [-0.3, -0.25) is 0 Å². The lowest BCUT2D eigenvalue weighted by Gasteiger charge is -2.30. The largest absolute Gasteiger partial charge is 0.310 e. The molecule has 0 heterocycles. The molecule has 0 radical (unpaired) electrons. The summed E-state index contributed by atoms with van der Waals surface area (Å²) in [7, 11) is 2.10. The van der Waals surface area contributed by atoms with E-state index in [1.807, 2.05) is 12.1 Å². The minimum atomic E-state index is -0.0689. The van der Waals surface area contributed by atoms with Gasteiger partial charge in [-0.25, -0.2) is 4.39 Å². The summed E-state index contributed by atoms with van der Waals surface area (Å²) in [5, 5.41) is 3.49. The van der Waals surface area contributed by atoms with Crippen LogP contribution in [-0.4, -0.2) is 24.5 Å². The first-order chi connectivity index (χ1) is 9.70. The normalized spacial score (nSPS) is 19.4. The van der Waals surface area contributed by atoms with Crippen LogP contribution in [0.4, 0.5) is 4.39 Å². The molecule has 2 fully saturated rings. The maximum Gasteiger partial charge on any atom is 0.127 e. The van der Waals surface area contributed by atoms with Gasteiger partial charge in [0.1, 0.15) is 5.82 Å². The highest BCUT2D eigenvalue weighted by molar-refractivity contribution is 5.25. The Balaban J connectivity index is 1.56. The van der Waals surface area contributed by atoms with E-state index in [2.05, 4.69) is 17.3 Å². The van der Waals surface area contributed by atoms with Gasteiger partial charge in [0.05, 0.1) is 0 Å². The van der Waals surface area contributed by atoms with E-state index in [1.165, 1.54) is 37.7 Å².